The Labute approximate surface area is 84.8 Å². The van der Waals surface area contributed by atoms with Crippen LogP contribution in [0.1, 0.15) is 27.2 Å². The third kappa shape index (κ3) is 0.971. The Kier molecular flexibility index (Phi) is 2.23. The van der Waals surface area contributed by atoms with E-state index in [1.165, 1.54) is 0 Å². The Morgan fingerprint density at radius 1 is 1.18 bits per heavy atom. The van der Waals surface area contributed by atoms with Crippen molar-refractivity contribution in [2.24, 2.45) is 10.8 Å². The van der Waals surface area contributed by atoms with E-state index >= 15 is 0 Å². The normalized spacial score (nSPS) is 38.7. The molecular weight excluding hydrogens is 272 g/mol. The van der Waals surface area contributed by atoms with Crippen molar-refractivity contribution in [3.8, 4) is 0 Å². The highest BCUT2D eigenvalue weighted by Gasteiger charge is 2.77. The highest BCUT2D eigenvalue weighted by atomic mass is 79.9. The molecule has 1 saturated carbocycles. The lowest BCUT2D eigenvalue weighted by molar-refractivity contribution is 0.236. The Morgan fingerprint density at radius 3 is 1.64 bits per heavy atom. The lowest BCUT2D eigenvalue weighted by Gasteiger charge is -2.10. The molecule has 1 atom stereocenters. The third-order valence-electron chi connectivity index (χ3n) is 3.41. The summed E-state index contributed by atoms with van der Waals surface area (Å²) in [6, 6.07) is 0. The van der Waals surface area contributed by atoms with E-state index in [1.54, 1.807) is 0 Å². The molecular formula is C8H14Br2O. The van der Waals surface area contributed by atoms with Crippen molar-refractivity contribution in [3.05, 3.63) is 0 Å². The monoisotopic (exact) mass is 284 g/mol. The molecule has 0 bridgehead atoms. The first kappa shape index (κ1) is 10.0. The van der Waals surface area contributed by atoms with Gasteiger partial charge in [0, 0.05) is 12.0 Å². The van der Waals surface area contributed by atoms with Crippen LogP contribution in [0.2, 0.25) is 0 Å². The van der Waals surface area contributed by atoms with Crippen LogP contribution in [0.3, 0.4) is 0 Å². The number of halogens is 2. The van der Waals surface area contributed by atoms with Gasteiger partial charge in [0.15, 0.2) is 0 Å². The summed E-state index contributed by atoms with van der Waals surface area (Å²) >= 11 is 7.27. The summed E-state index contributed by atoms with van der Waals surface area (Å²) in [4.78, 5) is 0. The van der Waals surface area contributed by atoms with Crippen molar-refractivity contribution < 1.29 is 5.11 Å². The average molecular weight is 286 g/mol. The molecule has 1 unspecified atom stereocenters. The van der Waals surface area contributed by atoms with E-state index < -0.39 is 0 Å². The van der Waals surface area contributed by atoms with E-state index in [4.69, 9.17) is 5.11 Å². The maximum absolute atomic E-state index is 8.86. The van der Waals surface area contributed by atoms with Gasteiger partial charge in [0.2, 0.25) is 0 Å². The van der Waals surface area contributed by atoms with Crippen molar-refractivity contribution in [1.82, 2.24) is 0 Å². The van der Waals surface area contributed by atoms with Gasteiger partial charge in [-0.2, -0.15) is 0 Å². The zero-order valence-electron chi connectivity index (χ0n) is 7.12. The second-order valence-corrected chi connectivity index (χ2v) is 7.45. The summed E-state index contributed by atoms with van der Waals surface area (Å²) in [7, 11) is 0. The molecule has 0 radical (unpaired) electrons. The molecule has 1 nitrogen and oxygen atoms in total. The van der Waals surface area contributed by atoms with Crippen molar-refractivity contribution >= 4 is 31.9 Å². The van der Waals surface area contributed by atoms with Gasteiger partial charge in [-0.25, -0.2) is 0 Å². The SMILES string of the molecule is CC1(C)C(Br)(Br)C1(C)CCO. The predicted octanol–water partition coefficient (Wildman–Crippen LogP) is 2.90. The number of hydrogen-bond donors (Lipinski definition) is 1. The summed E-state index contributed by atoms with van der Waals surface area (Å²) in [5, 5.41) is 8.86. The Morgan fingerprint density at radius 2 is 1.55 bits per heavy atom. The van der Waals surface area contributed by atoms with Gasteiger partial charge in [-0.3, -0.25) is 0 Å². The molecule has 3 heteroatoms. The Hall–Kier alpha value is 0.920. The predicted molar refractivity (Wildman–Crippen MR) is 54.2 cm³/mol. The zero-order valence-corrected chi connectivity index (χ0v) is 10.3. The molecule has 0 aromatic heterocycles. The second-order valence-electron chi connectivity index (χ2n) is 4.01. The fraction of sp³-hybridized carbons (Fsp3) is 1.00. The van der Waals surface area contributed by atoms with Gasteiger partial charge < -0.3 is 5.11 Å². The van der Waals surface area contributed by atoms with Crippen molar-refractivity contribution in [2.75, 3.05) is 6.61 Å². The summed E-state index contributed by atoms with van der Waals surface area (Å²) in [6.45, 7) is 6.85. The fourth-order valence-electron chi connectivity index (χ4n) is 1.75. The van der Waals surface area contributed by atoms with Crippen LogP contribution in [0, 0.1) is 10.8 Å². The Balaban J connectivity index is 2.78. The molecule has 1 aliphatic rings. The largest absolute Gasteiger partial charge is 0.396 e. The zero-order chi connectivity index (χ0) is 8.91. The van der Waals surface area contributed by atoms with E-state index in [0.717, 1.165) is 6.42 Å². The van der Waals surface area contributed by atoms with Crippen LogP contribution in [-0.2, 0) is 0 Å². The molecule has 1 rings (SSSR count). The molecule has 1 aliphatic carbocycles. The molecule has 1 N–H and O–H groups in total. The van der Waals surface area contributed by atoms with Crippen LogP contribution in [0.4, 0.5) is 0 Å². The van der Waals surface area contributed by atoms with Gasteiger partial charge in [0.05, 0.1) is 3.23 Å². The minimum absolute atomic E-state index is 0.0166. The highest BCUT2D eigenvalue weighted by Crippen LogP contribution is 2.80. The van der Waals surface area contributed by atoms with Crippen molar-refractivity contribution in [2.45, 2.75) is 30.4 Å². The van der Waals surface area contributed by atoms with Crippen LogP contribution >= 0.6 is 31.9 Å². The maximum Gasteiger partial charge on any atom is 0.0922 e. The van der Waals surface area contributed by atoms with E-state index in [-0.39, 0.29) is 20.7 Å². The molecule has 66 valence electrons. The average Bonchev–Trinajstić information content (AvgIpc) is 2.12. The van der Waals surface area contributed by atoms with Crippen LogP contribution in [0.15, 0.2) is 0 Å². The summed E-state index contributed by atoms with van der Waals surface area (Å²) in [5.74, 6) is 0. The molecule has 0 aromatic carbocycles. The maximum atomic E-state index is 8.86. The molecule has 11 heavy (non-hydrogen) atoms. The first-order valence-corrected chi connectivity index (χ1v) is 5.38. The molecule has 0 heterocycles. The summed E-state index contributed by atoms with van der Waals surface area (Å²) in [5.41, 5.74) is 0.400. The molecule has 0 amide bonds. The van der Waals surface area contributed by atoms with Crippen LogP contribution in [0.5, 0.6) is 0 Å². The molecule has 0 saturated heterocycles. The van der Waals surface area contributed by atoms with Crippen molar-refractivity contribution in [3.63, 3.8) is 0 Å². The first-order valence-electron chi connectivity index (χ1n) is 3.80. The smallest absolute Gasteiger partial charge is 0.0922 e. The quantitative estimate of drug-likeness (QED) is 0.774. The van der Waals surface area contributed by atoms with E-state index in [1.807, 2.05) is 0 Å². The Bertz CT molecular complexity index is 161. The number of hydrogen-bond acceptors (Lipinski definition) is 1. The van der Waals surface area contributed by atoms with E-state index in [9.17, 15) is 0 Å². The van der Waals surface area contributed by atoms with Crippen LogP contribution in [-0.4, -0.2) is 14.9 Å². The topological polar surface area (TPSA) is 20.2 Å². The van der Waals surface area contributed by atoms with Crippen LogP contribution < -0.4 is 0 Å². The van der Waals surface area contributed by atoms with Crippen molar-refractivity contribution in [1.29, 1.82) is 0 Å². The van der Waals surface area contributed by atoms with E-state index in [2.05, 4.69) is 52.6 Å². The highest BCUT2D eigenvalue weighted by molar-refractivity contribution is 9.25. The van der Waals surface area contributed by atoms with Gasteiger partial charge in [0.1, 0.15) is 0 Å². The van der Waals surface area contributed by atoms with Gasteiger partial charge in [0.25, 0.3) is 0 Å². The molecule has 0 spiro atoms. The van der Waals surface area contributed by atoms with Gasteiger partial charge in [-0.05, 0) is 11.8 Å². The minimum atomic E-state index is 0.0166. The standard InChI is InChI=1S/C8H14Br2O/c1-6(2)7(3,4-5-11)8(6,9)10/h11H,4-5H2,1-3H3. The van der Waals surface area contributed by atoms with Gasteiger partial charge in [-0.1, -0.05) is 52.6 Å². The van der Waals surface area contributed by atoms with Gasteiger partial charge >= 0.3 is 0 Å². The lowest BCUT2D eigenvalue weighted by atomic mass is 9.95. The number of aliphatic hydroxyl groups excluding tert-OH is 1. The first-order chi connectivity index (χ1) is 4.81. The number of alkyl halides is 2. The third-order valence-corrected chi connectivity index (χ3v) is 7.14. The van der Waals surface area contributed by atoms with Gasteiger partial charge in [-0.15, -0.1) is 0 Å². The fourth-order valence-corrected chi connectivity index (χ4v) is 3.81. The van der Waals surface area contributed by atoms with E-state index in [0.29, 0.717) is 0 Å². The lowest BCUT2D eigenvalue weighted by Crippen LogP contribution is -2.07. The molecule has 0 aromatic rings. The molecule has 0 aliphatic heterocycles. The number of aliphatic hydroxyl groups is 1. The summed E-state index contributed by atoms with van der Waals surface area (Å²) < 4.78 is 0.0166. The minimum Gasteiger partial charge on any atom is -0.396 e. The summed E-state index contributed by atoms with van der Waals surface area (Å²) in [6.07, 6.45) is 0.844. The van der Waals surface area contributed by atoms with Crippen LogP contribution in [0.25, 0.3) is 0 Å². The molecule has 1 fully saturated rings. The number of rotatable bonds is 2. The second kappa shape index (κ2) is 2.46.